The Kier molecular flexibility index (Phi) is 2.84. The fraction of sp³-hybridized carbons (Fsp3) is 0.700. The molecule has 0 spiro atoms. The summed E-state index contributed by atoms with van der Waals surface area (Å²) in [5, 5.41) is 8.76. The third-order valence-corrected chi connectivity index (χ3v) is 2.52. The molecule has 0 aromatic carbocycles. The summed E-state index contributed by atoms with van der Waals surface area (Å²) < 4.78 is 10.7. The summed E-state index contributed by atoms with van der Waals surface area (Å²) in [6.07, 6.45) is 1.51. The minimum Gasteiger partial charge on any atom is -0.446 e. The largest absolute Gasteiger partial charge is 0.446 e. The van der Waals surface area contributed by atoms with Crippen LogP contribution in [0.15, 0.2) is 4.42 Å². The van der Waals surface area contributed by atoms with E-state index < -0.39 is 0 Å². The van der Waals surface area contributed by atoms with Crippen LogP contribution < -0.4 is 0 Å². The summed E-state index contributed by atoms with van der Waals surface area (Å²) in [7, 11) is 0. The zero-order valence-electron chi connectivity index (χ0n) is 8.32. The highest BCUT2D eigenvalue weighted by Gasteiger charge is 2.23. The van der Waals surface area contributed by atoms with Gasteiger partial charge in [-0.15, -0.1) is 0 Å². The number of aromatic nitrogens is 1. The average Bonchev–Trinajstić information content (AvgIpc) is 2.74. The lowest BCUT2D eigenvalue weighted by atomic mass is 10.0. The van der Waals surface area contributed by atoms with Gasteiger partial charge >= 0.3 is 0 Å². The highest BCUT2D eigenvalue weighted by atomic mass is 16.5. The molecule has 2 heterocycles. The van der Waals surface area contributed by atoms with Gasteiger partial charge in [-0.2, -0.15) is 0 Å². The predicted octanol–water partition coefficient (Wildman–Crippen LogP) is 1.02. The van der Waals surface area contributed by atoms with Crippen molar-refractivity contribution in [3.63, 3.8) is 0 Å². The Morgan fingerprint density at radius 3 is 3.07 bits per heavy atom. The summed E-state index contributed by atoms with van der Waals surface area (Å²) in [4.78, 5) is 4.37. The Hall–Kier alpha value is -0.870. The quantitative estimate of drug-likeness (QED) is 0.786. The van der Waals surface area contributed by atoms with E-state index in [1.54, 1.807) is 0 Å². The second-order valence-corrected chi connectivity index (χ2v) is 3.58. The van der Waals surface area contributed by atoms with Gasteiger partial charge in [-0.1, -0.05) is 0 Å². The molecule has 0 saturated carbocycles. The minimum atomic E-state index is 0.0839. The van der Waals surface area contributed by atoms with E-state index in [4.69, 9.17) is 14.3 Å². The Bertz CT molecular complexity index is 302. The zero-order valence-corrected chi connectivity index (χ0v) is 8.32. The molecule has 0 bridgehead atoms. The van der Waals surface area contributed by atoms with Crippen LogP contribution in [0.25, 0.3) is 0 Å². The first-order chi connectivity index (χ1) is 6.81. The molecular formula is C10H15NO3. The number of ether oxygens (including phenoxy) is 1. The number of rotatable bonds is 3. The van der Waals surface area contributed by atoms with Crippen molar-refractivity contribution in [2.45, 2.75) is 25.7 Å². The lowest BCUT2D eigenvalue weighted by Crippen LogP contribution is -2.00. The first-order valence-electron chi connectivity index (χ1n) is 4.96. The number of oxazole rings is 1. The molecule has 1 fully saturated rings. The van der Waals surface area contributed by atoms with Gasteiger partial charge in [0.05, 0.1) is 18.9 Å². The van der Waals surface area contributed by atoms with Gasteiger partial charge in [0.15, 0.2) is 5.89 Å². The van der Waals surface area contributed by atoms with Crippen molar-refractivity contribution in [3.05, 3.63) is 17.3 Å². The molecule has 1 aromatic heterocycles. The first-order valence-corrected chi connectivity index (χ1v) is 4.96. The van der Waals surface area contributed by atoms with Crippen LogP contribution in [0.2, 0.25) is 0 Å². The van der Waals surface area contributed by atoms with Crippen LogP contribution in [0.4, 0.5) is 0 Å². The topological polar surface area (TPSA) is 55.5 Å². The highest BCUT2D eigenvalue weighted by Crippen LogP contribution is 2.27. The van der Waals surface area contributed by atoms with Gasteiger partial charge < -0.3 is 14.3 Å². The van der Waals surface area contributed by atoms with Gasteiger partial charge in [-0.3, -0.25) is 0 Å². The normalized spacial score (nSPS) is 21.7. The summed E-state index contributed by atoms with van der Waals surface area (Å²) >= 11 is 0. The number of nitrogens with zero attached hydrogens (tertiary/aromatic N) is 1. The van der Waals surface area contributed by atoms with Gasteiger partial charge in [-0.25, -0.2) is 4.98 Å². The van der Waals surface area contributed by atoms with Crippen molar-refractivity contribution in [1.29, 1.82) is 0 Å². The fourth-order valence-electron chi connectivity index (χ4n) is 1.80. The summed E-state index contributed by atoms with van der Waals surface area (Å²) in [5.74, 6) is 1.88. The van der Waals surface area contributed by atoms with Crippen molar-refractivity contribution in [2.24, 2.45) is 0 Å². The van der Waals surface area contributed by atoms with Crippen LogP contribution in [0.1, 0.15) is 29.7 Å². The van der Waals surface area contributed by atoms with Gasteiger partial charge in [0.1, 0.15) is 5.76 Å². The maximum Gasteiger partial charge on any atom is 0.196 e. The molecule has 2 rings (SSSR count). The van der Waals surface area contributed by atoms with Crippen LogP contribution in [-0.4, -0.2) is 29.9 Å². The summed E-state index contributed by atoms with van der Waals surface area (Å²) in [5.41, 5.74) is 1.01. The van der Waals surface area contributed by atoms with Gasteiger partial charge in [-0.05, 0) is 13.3 Å². The minimum absolute atomic E-state index is 0.0839. The van der Waals surface area contributed by atoms with E-state index in [9.17, 15) is 0 Å². The van der Waals surface area contributed by atoms with Crippen molar-refractivity contribution >= 4 is 0 Å². The van der Waals surface area contributed by atoms with Crippen LogP contribution in [0.3, 0.4) is 0 Å². The molecule has 78 valence electrons. The van der Waals surface area contributed by atoms with Crippen LogP contribution in [0, 0.1) is 6.92 Å². The lowest BCUT2D eigenvalue weighted by Gasteiger charge is -2.02. The third-order valence-electron chi connectivity index (χ3n) is 2.52. The first kappa shape index (κ1) is 9.68. The van der Waals surface area contributed by atoms with Crippen molar-refractivity contribution < 1.29 is 14.3 Å². The fourth-order valence-corrected chi connectivity index (χ4v) is 1.80. The number of aliphatic hydroxyl groups is 1. The Morgan fingerprint density at radius 2 is 2.43 bits per heavy atom. The van der Waals surface area contributed by atoms with E-state index in [0.717, 1.165) is 31.1 Å². The molecule has 0 aliphatic carbocycles. The Labute approximate surface area is 82.9 Å². The molecular weight excluding hydrogens is 182 g/mol. The van der Waals surface area contributed by atoms with E-state index in [-0.39, 0.29) is 6.61 Å². The molecule has 1 saturated heterocycles. The zero-order chi connectivity index (χ0) is 9.97. The number of hydrogen-bond acceptors (Lipinski definition) is 4. The van der Waals surface area contributed by atoms with E-state index in [2.05, 4.69) is 4.98 Å². The molecule has 1 aliphatic heterocycles. The molecule has 4 nitrogen and oxygen atoms in total. The average molecular weight is 197 g/mol. The van der Waals surface area contributed by atoms with Gasteiger partial charge in [0, 0.05) is 18.9 Å². The predicted molar refractivity (Wildman–Crippen MR) is 50.2 cm³/mol. The molecule has 1 atom stereocenters. The Morgan fingerprint density at radius 1 is 1.57 bits per heavy atom. The van der Waals surface area contributed by atoms with Crippen molar-refractivity contribution in [2.75, 3.05) is 19.8 Å². The van der Waals surface area contributed by atoms with Crippen molar-refractivity contribution in [3.8, 4) is 0 Å². The molecule has 1 aliphatic rings. The summed E-state index contributed by atoms with van der Waals surface area (Å²) in [6.45, 7) is 3.56. The van der Waals surface area contributed by atoms with E-state index in [1.165, 1.54) is 0 Å². The lowest BCUT2D eigenvalue weighted by molar-refractivity contribution is 0.193. The molecule has 1 unspecified atom stereocenters. The standard InChI is InChI=1S/C10H15NO3/c1-7-10(8-3-5-13-6-8)11-9(14-7)2-4-12/h8,12H,2-6H2,1H3. The SMILES string of the molecule is Cc1oc(CCO)nc1C1CCOC1. The van der Waals surface area contributed by atoms with E-state index in [0.29, 0.717) is 18.2 Å². The third kappa shape index (κ3) is 1.81. The number of aryl methyl sites for hydroxylation is 1. The molecule has 0 amide bonds. The van der Waals surface area contributed by atoms with Crippen LogP contribution >= 0.6 is 0 Å². The number of hydrogen-bond donors (Lipinski definition) is 1. The Balaban J connectivity index is 2.15. The highest BCUT2D eigenvalue weighted by molar-refractivity contribution is 5.15. The molecule has 0 radical (unpaired) electrons. The molecule has 4 heteroatoms. The second-order valence-electron chi connectivity index (χ2n) is 3.58. The molecule has 1 N–H and O–H groups in total. The smallest absolute Gasteiger partial charge is 0.196 e. The maximum atomic E-state index is 8.76. The van der Waals surface area contributed by atoms with Gasteiger partial charge in [0.25, 0.3) is 0 Å². The van der Waals surface area contributed by atoms with E-state index >= 15 is 0 Å². The second kappa shape index (κ2) is 4.11. The van der Waals surface area contributed by atoms with Crippen LogP contribution in [-0.2, 0) is 11.2 Å². The maximum absolute atomic E-state index is 8.76. The monoisotopic (exact) mass is 197 g/mol. The van der Waals surface area contributed by atoms with E-state index in [1.807, 2.05) is 6.92 Å². The van der Waals surface area contributed by atoms with Crippen LogP contribution in [0.5, 0.6) is 0 Å². The van der Waals surface area contributed by atoms with Crippen molar-refractivity contribution in [1.82, 2.24) is 4.98 Å². The summed E-state index contributed by atoms with van der Waals surface area (Å²) in [6, 6.07) is 0. The van der Waals surface area contributed by atoms with Gasteiger partial charge in [0.2, 0.25) is 0 Å². The number of aliphatic hydroxyl groups excluding tert-OH is 1. The molecule has 1 aromatic rings. The molecule has 14 heavy (non-hydrogen) atoms.